The minimum absolute atomic E-state index is 0.671. The molecule has 0 radical (unpaired) electrons. The van der Waals surface area contributed by atoms with Gasteiger partial charge in [0.15, 0.2) is 0 Å². The Labute approximate surface area is 166 Å². The predicted molar refractivity (Wildman–Crippen MR) is 120 cm³/mol. The highest BCUT2D eigenvalue weighted by molar-refractivity contribution is 5.95. The Bertz CT molecular complexity index is 1080. The van der Waals surface area contributed by atoms with E-state index in [1.54, 1.807) is 0 Å². The first-order valence-corrected chi connectivity index (χ1v) is 10.1. The minimum atomic E-state index is 0.671. The van der Waals surface area contributed by atoms with E-state index in [1.807, 2.05) is 0 Å². The molecule has 2 heteroatoms. The Morgan fingerprint density at radius 3 is 2.39 bits per heavy atom. The first-order chi connectivity index (χ1) is 13.9. The maximum Gasteiger partial charge on any atom is 0.0463 e. The third-order valence-electron chi connectivity index (χ3n) is 5.67. The molecule has 138 valence electrons. The topological polar surface area (TPSA) is 24.1 Å². The van der Waals surface area contributed by atoms with E-state index >= 15 is 0 Å². The van der Waals surface area contributed by atoms with Gasteiger partial charge >= 0.3 is 0 Å². The van der Waals surface area contributed by atoms with Crippen LogP contribution in [0.1, 0.15) is 19.3 Å². The molecule has 3 aromatic rings. The standard InChI is InChI=1S/C26H24N2/c1-3-11-23-19(7-1)9-5-13-25(23)27-21-15-17-22(18-16-21)28-26-14-6-10-20-8-2-4-12-24(20)26/h1,3-7,9,11-18,20,27-28H,2,8,10H2. The lowest BCUT2D eigenvalue weighted by molar-refractivity contribution is 0.561. The second-order valence-electron chi connectivity index (χ2n) is 7.54. The molecule has 0 saturated carbocycles. The zero-order chi connectivity index (χ0) is 18.8. The molecule has 2 N–H and O–H groups in total. The van der Waals surface area contributed by atoms with Crippen molar-refractivity contribution in [3.8, 4) is 0 Å². The minimum Gasteiger partial charge on any atom is -0.355 e. The molecule has 2 nitrogen and oxygen atoms in total. The molecule has 2 aliphatic carbocycles. The normalized spacial score (nSPS) is 18.2. The maximum atomic E-state index is 3.61. The molecule has 28 heavy (non-hydrogen) atoms. The van der Waals surface area contributed by atoms with Crippen molar-refractivity contribution in [2.45, 2.75) is 19.3 Å². The van der Waals surface area contributed by atoms with Crippen LogP contribution in [0.5, 0.6) is 0 Å². The highest BCUT2D eigenvalue weighted by atomic mass is 14.9. The summed E-state index contributed by atoms with van der Waals surface area (Å²) >= 11 is 0. The van der Waals surface area contributed by atoms with Crippen LogP contribution in [0, 0.1) is 5.92 Å². The summed E-state index contributed by atoms with van der Waals surface area (Å²) in [4.78, 5) is 0. The Morgan fingerprint density at radius 1 is 0.714 bits per heavy atom. The second kappa shape index (κ2) is 7.40. The van der Waals surface area contributed by atoms with Crippen LogP contribution in [0.25, 0.3) is 10.8 Å². The van der Waals surface area contributed by atoms with Crippen LogP contribution < -0.4 is 10.6 Å². The number of benzene rings is 3. The van der Waals surface area contributed by atoms with Gasteiger partial charge in [0.2, 0.25) is 0 Å². The van der Waals surface area contributed by atoms with Crippen molar-refractivity contribution in [3.05, 3.63) is 102 Å². The lowest BCUT2D eigenvalue weighted by Gasteiger charge is -2.26. The Morgan fingerprint density at radius 2 is 1.50 bits per heavy atom. The summed E-state index contributed by atoms with van der Waals surface area (Å²) in [7, 11) is 0. The number of rotatable bonds is 4. The largest absolute Gasteiger partial charge is 0.355 e. The number of hydrogen-bond acceptors (Lipinski definition) is 2. The summed E-state index contributed by atoms with van der Waals surface area (Å²) in [6.45, 7) is 0. The number of nitrogens with one attached hydrogen (secondary N) is 2. The maximum absolute atomic E-state index is 3.61. The SMILES string of the molecule is C1=CC2=C(Nc3ccc(Nc4cccc5ccccc45)cc3)C=CCC2CC1. The third kappa shape index (κ3) is 3.34. The van der Waals surface area contributed by atoms with Crippen molar-refractivity contribution in [1.82, 2.24) is 0 Å². The van der Waals surface area contributed by atoms with E-state index < -0.39 is 0 Å². The first-order valence-electron chi connectivity index (χ1n) is 10.1. The molecule has 2 aliphatic rings. The van der Waals surface area contributed by atoms with Crippen LogP contribution in [0.2, 0.25) is 0 Å². The van der Waals surface area contributed by atoms with Crippen LogP contribution in [0.15, 0.2) is 102 Å². The average Bonchev–Trinajstić information content (AvgIpc) is 2.76. The van der Waals surface area contributed by atoms with Crippen molar-refractivity contribution >= 4 is 27.8 Å². The van der Waals surface area contributed by atoms with Gasteiger partial charge in [-0.1, -0.05) is 54.6 Å². The van der Waals surface area contributed by atoms with E-state index in [0.29, 0.717) is 5.92 Å². The summed E-state index contributed by atoms with van der Waals surface area (Å²) in [6, 6.07) is 23.4. The van der Waals surface area contributed by atoms with Gasteiger partial charge in [-0.2, -0.15) is 0 Å². The fraction of sp³-hybridized carbons (Fsp3) is 0.154. The van der Waals surface area contributed by atoms with E-state index in [1.165, 1.54) is 41.3 Å². The summed E-state index contributed by atoms with van der Waals surface area (Å²) in [5, 5.41) is 9.66. The smallest absolute Gasteiger partial charge is 0.0463 e. The van der Waals surface area contributed by atoms with Gasteiger partial charge in [-0.25, -0.2) is 0 Å². The summed E-state index contributed by atoms with van der Waals surface area (Å²) < 4.78 is 0. The van der Waals surface area contributed by atoms with E-state index in [9.17, 15) is 0 Å². The molecule has 3 aromatic carbocycles. The van der Waals surface area contributed by atoms with Gasteiger partial charge in [-0.3, -0.25) is 0 Å². The molecule has 0 amide bonds. The number of fused-ring (bicyclic) bond motifs is 2. The highest BCUT2D eigenvalue weighted by Crippen LogP contribution is 2.34. The van der Waals surface area contributed by atoms with Crippen LogP contribution in [-0.2, 0) is 0 Å². The Kier molecular flexibility index (Phi) is 4.46. The summed E-state index contributed by atoms with van der Waals surface area (Å²) in [6.07, 6.45) is 12.7. The van der Waals surface area contributed by atoms with Crippen LogP contribution in [-0.4, -0.2) is 0 Å². The lowest BCUT2D eigenvalue weighted by atomic mass is 9.82. The monoisotopic (exact) mass is 364 g/mol. The molecule has 0 fully saturated rings. The third-order valence-corrected chi connectivity index (χ3v) is 5.67. The molecule has 0 saturated heterocycles. The van der Waals surface area contributed by atoms with Crippen molar-refractivity contribution in [3.63, 3.8) is 0 Å². The number of anilines is 3. The summed E-state index contributed by atoms with van der Waals surface area (Å²) in [5.41, 5.74) is 6.03. The van der Waals surface area contributed by atoms with Crippen LogP contribution in [0.3, 0.4) is 0 Å². The molecule has 0 heterocycles. The molecule has 0 aliphatic heterocycles. The zero-order valence-electron chi connectivity index (χ0n) is 15.9. The van der Waals surface area contributed by atoms with Gasteiger partial charge in [0.1, 0.15) is 0 Å². The number of allylic oxidation sites excluding steroid dienone is 5. The number of hydrogen-bond donors (Lipinski definition) is 2. The van der Waals surface area contributed by atoms with E-state index in [4.69, 9.17) is 0 Å². The lowest BCUT2D eigenvalue weighted by Crippen LogP contribution is -2.14. The van der Waals surface area contributed by atoms with Crippen molar-refractivity contribution < 1.29 is 0 Å². The van der Waals surface area contributed by atoms with E-state index in [2.05, 4.69) is 102 Å². The Hall–Kier alpha value is -3.26. The van der Waals surface area contributed by atoms with Crippen LogP contribution >= 0.6 is 0 Å². The van der Waals surface area contributed by atoms with Gasteiger partial charge in [-0.15, -0.1) is 0 Å². The molecular formula is C26H24N2. The van der Waals surface area contributed by atoms with Crippen molar-refractivity contribution in [2.75, 3.05) is 10.6 Å². The molecule has 1 unspecified atom stereocenters. The molecule has 0 bridgehead atoms. The van der Waals surface area contributed by atoms with Crippen LogP contribution in [0.4, 0.5) is 17.1 Å². The second-order valence-corrected chi connectivity index (χ2v) is 7.54. The average molecular weight is 364 g/mol. The molecule has 1 atom stereocenters. The molecule has 0 spiro atoms. The van der Waals surface area contributed by atoms with E-state index in [0.717, 1.165) is 17.1 Å². The van der Waals surface area contributed by atoms with Crippen molar-refractivity contribution in [1.29, 1.82) is 0 Å². The Balaban J connectivity index is 1.36. The van der Waals surface area contributed by atoms with Gasteiger partial charge in [0.05, 0.1) is 0 Å². The van der Waals surface area contributed by atoms with Gasteiger partial charge in [-0.05, 0) is 72.5 Å². The first kappa shape index (κ1) is 16.9. The molecular weight excluding hydrogens is 340 g/mol. The quantitative estimate of drug-likeness (QED) is 0.512. The summed E-state index contributed by atoms with van der Waals surface area (Å²) in [5.74, 6) is 0.671. The zero-order valence-corrected chi connectivity index (χ0v) is 15.9. The molecule has 5 rings (SSSR count). The van der Waals surface area contributed by atoms with Gasteiger partial charge in [0.25, 0.3) is 0 Å². The van der Waals surface area contributed by atoms with Gasteiger partial charge < -0.3 is 10.6 Å². The molecule has 0 aromatic heterocycles. The fourth-order valence-corrected chi connectivity index (χ4v) is 4.20. The fourth-order valence-electron chi connectivity index (χ4n) is 4.20. The van der Waals surface area contributed by atoms with Crippen molar-refractivity contribution in [2.24, 2.45) is 5.92 Å². The van der Waals surface area contributed by atoms with E-state index in [-0.39, 0.29) is 0 Å². The predicted octanol–water partition coefficient (Wildman–Crippen LogP) is 7.18. The van der Waals surface area contributed by atoms with Gasteiger partial charge in [0, 0.05) is 28.1 Å². The highest BCUT2D eigenvalue weighted by Gasteiger charge is 2.20.